The van der Waals surface area contributed by atoms with Crippen molar-refractivity contribution in [1.82, 2.24) is 0 Å². The van der Waals surface area contributed by atoms with Crippen LogP contribution in [0, 0.1) is 53.3 Å². The summed E-state index contributed by atoms with van der Waals surface area (Å²) in [5, 5.41) is 0. The molecule has 0 radical (unpaired) electrons. The molecule has 3 saturated carbocycles. The Morgan fingerprint density at radius 1 is 0.852 bits per heavy atom. The Labute approximate surface area is 162 Å². The number of hydrogen-bond donors (Lipinski definition) is 0. The van der Waals surface area contributed by atoms with Crippen molar-refractivity contribution in [3.05, 3.63) is 0 Å². The number of carbonyl (C=O) groups is 2. The minimum atomic E-state index is -0.00268. The lowest BCUT2D eigenvalue weighted by Crippen LogP contribution is -2.48. The molecule has 0 spiro atoms. The van der Waals surface area contributed by atoms with Gasteiger partial charge >= 0.3 is 11.9 Å². The molecule has 5 aliphatic rings. The molecule has 11 unspecified atom stereocenters. The Hall–Kier alpha value is -1.06. The first-order chi connectivity index (χ1) is 13.0. The van der Waals surface area contributed by atoms with Gasteiger partial charge in [-0.1, -0.05) is 33.6 Å². The van der Waals surface area contributed by atoms with Crippen LogP contribution in [0.15, 0.2) is 0 Å². The van der Waals surface area contributed by atoms with Crippen LogP contribution in [0.4, 0.5) is 0 Å². The zero-order chi connectivity index (χ0) is 18.9. The van der Waals surface area contributed by atoms with E-state index >= 15 is 0 Å². The van der Waals surface area contributed by atoms with Gasteiger partial charge in [0, 0.05) is 5.92 Å². The molecular formula is C23H34O4. The first-order valence-corrected chi connectivity index (χ1v) is 11.4. The van der Waals surface area contributed by atoms with E-state index in [1.165, 1.54) is 25.7 Å². The lowest BCUT2D eigenvalue weighted by molar-refractivity contribution is -0.148. The van der Waals surface area contributed by atoms with Gasteiger partial charge in [-0.15, -0.1) is 0 Å². The maximum absolute atomic E-state index is 12.5. The number of rotatable bonds is 2. The second kappa shape index (κ2) is 6.49. The van der Waals surface area contributed by atoms with E-state index in [0.29, 0.717) is 41.4 Å². The number of cyclic esters (lactones) is 1. The molecule has 4 heteroatoms. The third-order valence-electron chi connectivity index (χ3n) is 9.15. The van der Waals surface area contributed by atoms with Crippen LogP contribution in [-0.4, -0.2) is 24.1 Å². The number of carbonyl (C=O) groups excluding carboxylic acids is 2. The fraction of sp³-hybridized carbons (Fsp3) is 0.913. The zero-order valence-electron chi connectivity index (χ0n) is 16.9. The summed E-state index contributed by atoms with van der Waals surface area (Å²) in [6, 6.07) is 0. The summed E-state index contributed by atoms with van der Waals surface area (Å²) < 4.78 is 11.9. The number of fused-ring (bicyclic) bond motifs is 2. The van der Waals surface area contributed by atoms with Crippen LogP contribution >= 0.6 is 0 Å². The number of ether oxygens (including phenoxy) is 2. The van der Waals surface area contributed by atoms with Crippen molar-refractivity contribution in [2.45, 2.75) is 77.9 Å². The predicted molar refractivity (Wildman–Crippen MR) is 101 cm³/mol. The molecule has 0 bridgehead atoms. The van der Waals surface area contributed by atoms with Crippen molar-refractivity contribution in [2.75, 3.05) is 0 Å². The Kier molecular flexibility index (Phi) is 4.32. The fourth-order valence-electron chi connectivity index (χ4n) is 8.13. The van der Waals surface area contributed by atoms with E-state index in [0.717, 1.165) is 19.3 Å². The normalized spacial score (nSPS) is 54.1. The molecule has 0 aromatic rings. The number of hydrogen-bond acceptors (Lipinski definition) is 4. The van der Waals surface area contributed by atoms with Crippen LogP contribution in [0.3, 0.4) is 0 Å². The van der Waals surface area contributed by atoms with Crippen molar-refractivity contribution < 1.29 is 19.1 Å². The van der Waals surface area contributed by atoms with Gasteiger partial charge in [0.05, 0.1) is 11.8 Å². The standard InChI is InChI=1S/C23H34O4/c1-4-13-14-7-5-6-8-15-16(18-9-11(2)22(24)26-18)10-17(20(14)15)19-12(3)23(25)27-21(13)19/h11-21H,4-10H2,1-3H3. The Morgan fingerprint density at radius 3 is 2.26 bits per heavy atom. The smallest absolute Gasteiger partial charge is 0.309 e. The summed E-state index contributed by atoms with van der Waals surface area (Å²) >= 11 is 0. The van der Waals surface area contributed by atoms with Crippen molar-refractivity contribution in [2.24, 2.45) is 53.3 Å². The molecule has 0 N–H and O–H groups in total. The van der Waals surface area contributed by atoms with Gasteiger partial charge in [-0.3, -0.25) is 9.59 Å². The minimum absolute atomic E-state index is 0.00268. The van der Waals surface area contributed by atoms with Crippen molar-refractivity contribution in [1.29, 1.82) is 0 Å². The minimum Gasteiger partial charge on any atom is -0.462 e. The third-order valence-corrected chi connectivity index (χ3v) is 9.15. The van der Waals surface area contributed by atoms with Gasteiger partial charge in [0.1, 0.15) is 12.2 Å². The highest BCUT2D eigenvalue weighted by molar-refractivity contribution is 5.75. The maximum atomic E-state index is 12.5. The highest BCUT2D eigenvalue weighted by Crippen LogP contribution is 2.64. The fourth-order valence-corrected chi connectivity index (χ4v) is 8.13. The van der Waals surface area contributed by atoms with Crippen LogP contribution < -0.4 is 0 Å². The van der Waals surface area contributed by atoms with Gasteiger partial charge in [-0.25, -0.2) is 0 Å². The van der Waals surface area contributed by atoms with Crippen molar-refractivity contribution in [3.8, 4) is 0 Å². The van der Waals surface area contributed by atoms with E-state index < -0.39 is 0 Å². The second-order valence-electron chi connectivity index (χ2n) is 10.2. The molecule has 0 aromatic carbocycles. The number of esters is 2. The van der Waals surface area contributed by atoms with Crippen LogP contribution in [0.25, 0.3) is 0 Å². The SMILES string of the molecule is CCC1C2CCCCC3C(C4CC(C)C(=O)O4)CC(C32)C2C(C)C(=O)OC12. The molecular weight excluding hydrogens is 340 g/mol. The lowest BCUT2D eigenvalue weighted by Gasteiger charge is -2.48. The highest BCUT2D eigenvalue weighted by Gasteiger charge is 2.63. The molecule has 2 heterocycles. The third kappa shape index (κ3) is 2.54. The van der Waals surface area contributed by atoms with Crippen molar-refractivity contribution in [3.63, 3.8) is 0 Å². The van der Waals surface area contributed by atoms with Crippen LogP contribution in [0.5, 0.6) is 0 Å². The van der Waals surface area contributed by atoms with E-state index in [1.807, 2.05) is 6.92 Å². The first-order valence-electron chi connectivity index (χ1n) is 11.4. The molecule has 4 nitrogen and oxygen atoms in total. The quantitative estimate of drug-likeness (QED) is 0.679. The van der Waals surface area contributed by atoms with Gasteiger partial charge in [-0.05, 0) is 67.6 Å². The van der Waals surface area contributed by atoms with E-state index in [9.17, 15) is 9.59 Å². The Morgan fingerprint density at radius 2 is 1.59 bits per heavy atom. The molecule has 11 atom stereocenters. The molecule has 3 aliphatic carbocycles. The summed E-state index contributed by atoms with van der Waals surface area (Å²) in [5.74, 6) is 4.13. The highest BCUT2D eigenvalue weighted by atomic mass is 16.6. The molecule has 150 valence electrons. The van der Waals surface area contributed by atoms with Crippen LogP contribution in [-0.2, 0) is 19.1 Å². The predicted octanol–water partition coefficient (Wildman–Crippen LogP) is 4.21. The van der Waals surface area contributed by atoms with E-state index in [1.54, 1.807) is 0 Å². The van der Waals surface area contributed by atoms with Crippen molar-refractivity contribution >= 4 is 11.9 Å². The monoisotopic (exact) mass is 374 g/mol. The molecule has 2 aliphatic heterocycles. The molecule has 0 aromatic heterocycles. The average Bonchev–Trinajstić information content (AvgIpc) is 3.20. The largest absolute Gasteiger partial charge is 0.462 e. The van der Waals surface area contributed by atoms with Gasteiger partial charge in [-0.2, -0.15) is 0 Å². The molecule has 0 amide bonds. The topological polar surface area (TPSA) is 52.6 Å². The second-order valence-corrected chi connectivity index (χ2v) is 10.2. The van der Waals surface area contributed by atoms with Crippen LogP contribution in [0.1, 0.15) is 65.7 Å². The summed E-state index contributed by atoms with van der Waals surface area (Å²) in [7, 11) is 0. The van der Waals surface area contributed by atoms with E-state index in [4.69, 9.17) is 9.47 Å². The van der Waals surface area contributed by atoms with Gasteiger partial charge < -0.3 is 9.47 Å². The summed E-state index contributed by atoms with van der Waals surface area (Å²) in [6.45, 7) is 6.39. The van der Waals surface area contributed by atoms with Gasteiger partial charge in [0.2, 0.25) is 0 Å². The summed E-state index contributed by atoms with van der Waals surface area (Å²) in [4.78, 5) is 24.6. The Bertz CT molecular complexity index is 630. The van der Waals surface area contributed by atoms with E-state index in [2.05, 4.69) is 13.8 Å². The lowest BCUT2D eigenvalue weighted by atomic mass is 9.57. The summed E-state index contributed by atoms with van der Waals surface area (Å²) in [5.41, 5.74) is 0. The van der Waals surface area contributed by atoms with Crippen LogP contribution in [0.2, 0.25) is 0 Å². The summed E-state index contributed by atoms with van der Waals surface area (Å²) in [6.07, 6.45) is 8.55. The Balaban J connectivity index is 1.51. The van der Waals surface area contributed by atoms with E-state index in [-0.39, 0.29) is 36.0 Å². The molecule has 5 fully saturated rings. The molecule has 5 rings (SSSR count). The van der Waals surface area contributed by atoms with Gasteiger partial charge in [0.25, 0.3) is 0 Å². The first kappa shape index (κ1) is 18.0. The van der Waals surface area contributed by atoms with Gasteiger partial charge in [0.15, 0.2) is 0 Å². The zero-order valence-corrected chi connectivity index (χ0v) is 16.9. The maximum Gasteiger partial charge on any atom is 0.309 e. The molecule has 2 saturated heterocycles. The molecule has 27 heavy (non-hydrogen) atoms. The average molecular weight is 375 g/mol.